The smallest absolute Gasteiger partial charge is 0.189 e. The molecule has 0 saturated heterocycles. The lowest BCUT2D eigenvalue weighted by Gasteiger charge is -2.11. The molecule has 2 aromatic rings. The summed E-state index contributed by atoms with van der Waals surface area (Å²) in [5, 5.41) is 20.3. The molecule has 2 N–H and O–H groups in total. The van der Waals surface area contributed by atoms with E-state index in [1.54, 1.807) is 24.3 Å². The molecule has 2 rings (SSSR count). The van der Waals surface area contributed by atoms with E-state index >= 15 is 0 Å². The predicted octanol–water partition coefficient (Wildman–Crippen LogP) is 3.91. The number of hydrogen-bond donors (Lipinski definition) is 2. The standard InChI is InChI=1S/C22H26O7/c1-4-5-17-20(24)11-9-18(22(17)25)19(23)10-7-15-6-8-16(28-13-26-2)12-21(15)29-14-27-3/h6-12,24-25H,4-5,13-14H2,1-3H3/b10-7+. The monoisotopic (exact) mass is 402 g/mol. The largest absolute Gasteiger partial charge is 0.508 e. The van der Waals surface area contributed by atoms with Gasteiger partial charge < -0.3 is 29.2 Å². The lowest BCUT2D eigenvalue weighted by molar-refractivity contribution is 0.0459. The predicted molar refractivity (Wildman–Crippen MR) is 109 cm³/mol. The summed E-state index contributed by atoms with van der Waals surface area (Å²) in [5.41, 5.74) is 1.13. The Morgan fingerprint density at radius 1 is 1.03 bits per heavy atom. The average Bonchev–Trinajstić information content (AvgIpc) is 2.72. The van der Waals surface area contributed by atoms with Crippen LogP contribution in [0.15, 0.2) is 36.4 Å². The first-order valence-corrected chi connectivity index (χ1v) is 9.15. The second kappa shape index (κ2) is 11.1. The Balaban J connectivity index is 2.28. The first-order chi connectivity index (χ1) is 14.0. The van der Waals surface area contributed by atoms with E-state index in [2.05, 4.69) is 0 Å². The fourth-order valence-corrected chi connectivity index (χ4v) is 2.69. The van der Waals surface area contributed by atoms with E-state index in [0.717, 1.165) is 6.42 Å². The highest BCUT2D eigenvalue weighted by Crippen LogP contribution is 2.32. The van der Waals surface area contributed by atoms with Gasteiger partial charge in [0.05, 0.1) is 5.56 Å². The summed E-state index contributed by atoms with van der Waals surface area (Å²) in [4.78, 5) is 12.6. The van der Waals surface area contributed by atoms with E-state index in [0.29, 0.717) is 29.0 Å². The Bertz CT molecular complexity index is 858. The summed E-state index contributed by atoms with van der Waals surface area (Å²) in [5.74, 6) is 0.401. The van der Waals surface area contributed by atoms with E-state index in [9.17, 15) is 15.0 Å². The van der Waals surface area contributed by atoms with Crippen LogP contribution in [0.2, 0.25) is 0 Å². The van der Waals surface area contributed by atoms with Gasteiger partial charge >= 0.3 is 0 Å². The van der Waals surface area contributed by atoms with Crippen molar-refractivity contribution in [3.05, 3.63) is 53.1 Å². The molecular formula is C22H26O7. The fraction of sp³-hybridized carbons (Fsp3) is 0.318. The molecule has 0 spiro atoms. The zero-order chi connectivity index (χ0) is 21.2. The fourth-order valence-electron chi connectivity index (χ4n) is 2.69. The van der Waals surface area contributed by atoms with E-state index < -0.39 is 5.78 Å². The third kappa shape index (κ3) is 5.97. The number of ether oxygens (including phenoxy) is 4. The molecule has 0 aliphatic carbocycles. The number of phenols is 2. The van der Waals surface area contributed by atoms with Crippen molar-refractivity contribution in [1.29, 1.82) is 0 Å². The molecule has 7 nitrogen and oxygen atoms in total. The quantitative estimate of drug-likeness (QED) is 0.334. The number of benzene rings is 2. The van der Waals surface area contributed by atoms with Gasteiger partial charge in [0.25, 0.3) is 0 Å². The van der Waals surface area contributed by atoms with Crippen molar-refractivity contribution in [3.8, 4) is 23.0 Å². The van der Waals surface area contributed by atoms with Crippen molar-refractivity contribution in [2.24, 2.45) is 0 Å². The summed E-state index contributed by atoms with van der Waals surface area (Å²) < 4.78 is 20.8. The van der Waals surface area contributed by atoms with Crippen LogP contribution in [0.3, 0.4) is 0 Å². The van der Waals surface area contributed by atoms with Gasteiger partial charge in [-0.05, 0) is 42.8 Å². The van der Waals surface area contributed by atoms with Crippen LogP contribution in [-0.2, 0) is 15.9 Å². The molecule has 0 aliphatic rings. The maximum atomic E-state index is 12.6. The normalized spacial score (nSPS) is 11.0. The van der Waals surface area contributed by atoms with Crippen LogP contribution in [0.1, 0.15) is 34.8 Å². The Labute approximate surface area is 170 Å². The second-order valence-electron chi connectivity index (χ2n) is 6.21. The third-order valence-electron chi connectivity index (χ3n) is 4.10. The van der Waals surface area contributed by atoms with Gasteiger partial charge in [-0.2, -0.15) is 0 Å². The van der Waals surface area contributed by atoms with Gasteiger partial charge in [0, 0.05) is 31.4 Å². The number of phenolic OH excluding ortho intramolecular Hbond substituents is 2. The molecule has 0 amide bonds. The van der Waals surface area contributed by atoms with Crippen molar-refractivity contribution in [1.82, 2.24) is 0 Å². The van der Waals surface area contributed by atoms with E-state index in [1.807, 2.05) is 6.92 Å². The number of carbonyl (C=O) groups excluding carboxylic acids is 1. The molecule has 0 radical (unpaired) electrons. The number of methoxy groups -OCH3 is 2. The first-order valence-electron chi connectivity index (χ1n) is 9.15. The van der Waals surface area contributed by atoms with Crippen LogP contribution >= 0.6 is 0 Å². The molecule has 29 heavy (non-hydrogen) atoms. The van der Waals surface area contributed by atoms with Crippen molar-refractivity contribution in [3.63, 3.8) is 0 Å². The van der Waals surface area contributed by atoms with Crippen molar-refractivity contribution >= 4 is 11.9 Å². The average molecular weight is 402 g/mol. The number of carbonyl (C=O) groups is 1. The lowest BCUT2D eigenvalue weighted by Crippen LogP contribution is -2.03. The Morgan fingerprint density at radius 2 is 1.76 bits per heavy atom. The molecule has 0 aromatic heterocycles. The number of hydrogen-bond acceptors (Lipinski definition) is 7. The molecule has 7 heteroatoms. The Hall–Kier alpha value is -3.03. The van der Waals surface area contributed by atoms with Crippen LogP contribution < -0.4 is 9.47 Å². The summed E-state index contributed by atoms with van der Waals surface area (Å²) in [6, 6.07) is 7.94. The summed E-state index contributed by atoms with van der Waals surface area (Å²) in [6.07, 6.45) is 4.12. The van der Waals surface area contributed by atoms with Gasteiger partial charge in [0.1, 0.15) is 23.0 Å². The topological polar surface area (TPSA) is 94.5 Å². The van der Waals surface area contributed by atoms with E-state index in [1.165, 1.54) is 32.4 Å². The Kier molecular flexibility index (Phi) is 8.51. The van der Waals surface area contributed by atoms with Gasteiger partial charge in [-0.15, -0.1) is 0 Å². The van der Waals surface area contributed by atoms with E-state index in [-0.39, 0.29) is 30.6 Å². The maximum absolute atomic E-state index is 12.6. The summed E-state index contributed by atoms with van der Waals surface area (Å²) >= 11 is 0. The molecule has 0 aliphatic heterocycles. The van der Waals surface area contributed by atoms with E-state index in [4.69, 9.17) is 18.9 Å². The summed E-state index contributed by atoms with van der Waals surface area (Å²) in [7, 11) is 3.03. The molecule has 0 bridgehead atoms. The van der Waals surface area contributed by atoms with Crippen LogP contribution in [0.5, 0.6) is 23.0 Å². The molecule has 156 valence electrons. The van der Waals surface area contributed by atoms with Gasteiger partial charge in [0.15, 0.2) is 19.4 Å². The number of rotatable bonds is 11. The maximum Gasteiger partial charge on any atom is 0.189 e. The van der Waals surface area contributed by atoms with Gasteiger partial charge in [-0.1, -0.05) is 13.3 Å². The number of allylic oxidation sites excluding steroid dienone is 1. The zero-order valence-corrected chi connectivity index (χ0v) is 16.8. The zero-order valence-electron chi connectivity index (χ0n) is 16.8. The molecule has 0 atom stereocenters. The van der Waals surface area contributed by atoms with Crippen LogP contribution in [0.25, 0.3) is 6.08 Å². The van der Waals surface area contributed by atoms with Crippen LogP contribution in [0.4, 0.5) is 0 Å². The van der Waals surface area contributed by atoms with Crippen molar-refractivity contribution in [2.45, 2.75) is 19.8 Å². The molecule has 0 fully saturated rings. The highest BCUT2D eigenvalue weighted by atomic mass is 16.7. The van der Waals surface area contributed by atoms with Crippen molar-refractivity contribution < 1.29 is 34.0 Å². The number of aromatic hydroxyl groups is 2. The minimum atomic E-state index is -0.391. The molecule has 0 heterocycles. The SMILES string of the molecule is CCCc1c(O)ccc(C(=O)/C=C/c2ccc(OCOC)cc2OCOC)c1O. The summed E-state index contributed by atoms with van der Waals surface area (Å²) in [6.45, 7) is 2.05. The van der Waals surface area contributed by atoms with Gasteiger partial charge in [0.2, 0.25) is 0 Å². The van der Waals surface area contributed by atoms with Crippen molar-refractivity contribution in [2.75, 3.05) is 27.8 Å². The molecular weight excluding hydrogens is 376 g/mol. The molecule has 0 saturated carbocycles. The first kappa shape index (κ1) is 22.3. The second-order valence-corrected chi connectivity index (χ2v) is 6.21. The molecule has 0 unspecified atom stereocenters. The highest BCUT2D eigenvalue weighted by Gasteiger charge is 2.15. The Morgan fingerprint density at radius 3 is 2.45 bits per heavy atom. The van der Waals surface area contributed by atoms with Gasteiger partial charge in [-0.3, -0.25) is 4.79 Å². The highest BCUT2D eigenvalue weighted by molar-refractivity contribution is 6.09. The third-order valence-corrected chi connectivity index (χ3v) is 4.10. The van der Waals surface area contributed by atoms with Crippen LogP contribution in [0, 0.1) is 0 Å². The lowest BCUT2D eigenvalue weighted by atomic mass is 10.0. The van der Waals surface area contributed by atoms with Crippen LogP contribution in [-0.4, -0.2) is 43.8 Å². The molecule has 2 aromatic carbocycles. The number of ketones is 1. The minimum absolute atomic E-state index is 0.0215. The minimum Gasteiger partial charge on any atom is -0.508 e. The van der Waals surface area contributed by atoms with Gasteiger partial charge in [-0.25, -0.2) is 0 Å².